The maximum Gasteiger partial charge on any atom is 0.290 e. The number of aliphatic hydroxyl groups is 1. The van der Waals surface area contributed by atoms with E-state index in [9.17, 15) is 14.7 Å². The molecular formula is C31H33N7O4S. The van der Waals surface area contributed by atoms with E-state index in [0.29, 0.717) is 46.0 Å². The van der Waals surface area contributed by atoms with Crippen molar-refractivity contribution in [1.29, 1.82) is 0 Å². The summed E-state index contributed by atoms with van der Waals surface area (Å²) in [6, 6.07) is 5.36. The highest BCUT2D eigenvalue weighted by molar-refractivity contribution is 7.19. The fourth-order valence-corrected chi connectivity index (χ4v) is 7.65. The molecule has 12 heteroatoms. The zero-order valence-electron chi connectivity index (χ0n) is 24.8. The van der Waals surface area contributed by atoms with Crippen molar-refractivity contribution in [2.75, 3.05) is 5.32 Å². The van der Waals surface area contributed by atoms with Gasteiger partial charge in [-0.2, -0.15) is 14.9 Å². The van der Waals surface area contributed by atoms with Gasteiger partial charge in [-0.15, -0.1) is 11.3 Å². The minimum atomic E-state index is -0.380. The number of aromatic nitrogens is 6. The van der Waals surface area contributed by atoms with E-state index in [0.717, 1.165) is 23.9 Å². The van der Waals surface area contributed by atoms with Crippen LogP contribution in [0.25, 0.3) is 27.0 Å². The molecule has 0 amide bonds. The fraction of sp³-hybridized carbons (Fsp3) is 0.387. The second-order valence-electron chi connectivity index (χ2n) is 12.9. The molecule has 11 nitrogen and oxygen atoms in total. The summed E-state index contributed by atoms with van der Waals surface area (Å²) < 4.78 is 11.2. The van der Waals surface area contributed by atoms with Gasteiger partial charge in [0.25, 0.3) is 11.1 Å². The highest BCUT2D eigenvalue weighted by Crippen LogP contribution is 2.43. The molecule has 0 atom stereocenters. The van der Waals surface area contributed by atoms with Gasteiger partial charge >= 0.3 is 0 Å². The van der Waals surface area contributed by atoms with E-state index < -0.39 is 0 Å². The lowest BCUT2D eigenvalue weighted by Gasteiger charge is -2.30. The lowest BCUT2D eigenvalue weighted by molar-refractivity contribution is -0.0660. The van der Waals surface area contributed by atoms with Crippen LogP contribution >= 0.6 is 11.3 Å². The van der Waals surface area contributed by atoms with Gasteiger partial charge in [0.1, 0.15) is 10.4 Å². The van der Waals surface area contributed by atoms with Crippen molar-refractivity contribution >= 4 is 32.9 Å². The van der Waals surface area contributed by atoms with Crippen molar-refractivity contribution in [3.8, 4) is 16.9 Å². The van der Waals surface area contributed by atoms with Crippen molar-refractivity contribution in [3.05, 3.63) is 79.2 Å². The number of pyridine rings is 2. The summed E-state index contributed by atoms with van der Waals surface area (Å²) in [5.74, 6) is 0.798. The molecule has 1 aliphatic carbocycles. The molecule has 7 rings (SSSR count). The Morgan fingerprint density at radius 2 is 1.95 bits per heavy atom. The molecule has 0 bridgehead atoms. The maximum absolute atomic E-state index is 13.7. The Kier molecular flexibility index (Phi) is 6.24. The van der Waals surface area contributed by atoms with Crippen LogP contribution in [-0.2, 0) is 44.4 Å². The molecule has 0 saturated carbocycles. The number of hydrogen-bond acceptors (Lipinski definition) is 9. The predicted molar refractivity (Wildman–Crippen MR) is 165 cm³/mol. The standard InChI is InChI=1S/C31H33N7O4S/c1-30(2)10-20-21-12-33-38(29(41)26(21)43-24(20)11-30)27-22(14-39)19(6-7-32-27)17-8-23(28(40)36(5)13-17)34-25-9-18-15-42-31(3,4)16-37(18)35-25/h6-9,12-13,39H,10-11,14-16H2,1-5H3,(H,34,35). The van der Waals surface area contributed by atoms with Crippen LogP contribution < -0.4 is 16.4 Å². The minimum absolute atomic E-state index is 0.177. The number of anilines is 2. The Morgan fingerprint density at radius 1 is 1.14 bits per heavy atom. The first-order chi connectivity index (χ1) is 20.4. The number of rotatable bonds is 5. The summed E-state index contributed by atoms with van der Waals surface area (Å²) in [6.45, 7) is 9.16. The fourth-order valence-electron chi connectivity index (χ4n) is 6.17. The van der Waals surface area contributed by atoms with E-state index in [1.165, 1.54) is 31.0 Å². The van der Waals surface area contributed by atoms with Crippen LogP contribution in [0.15, 0.2) is 46.4 Å². The summed E-state index contributed by atoms with van der Waals surface area (Å²) >= 11 is 1.53. The molecule has 0 saturated heterocycles. The maximum atomic E-state index is 13.7. The summed E-state index contributed by atoms with van der Waals surface area (Å²) in [7, 11) is 1.67. The highest BCUT2D eigenvalue weighted by Gasteiger charge is 2.33. The number of nitrogens with one attached hydrogen (secondary N) is 1. The predicted octanol–water partition coefficient (Wildman–Crippen LogP) is 4.07. The van der Waals surface area contributed by atoms with Gasteiger partial charge in [-0.25, -0.2) is 4.98 Å². The number of ether oxygens (including phenoxy) is 1. The quantitative estimate of drug-likeness (QED) is 0.309. The van der Waals surface area contributed by atoms with Crippen molar-refractivity contribution in [2.45, 2.75) is 65.9 Å². The molecule has 6 heterocycles. The third-order valence-electron chi connectivity index (χ3n) is 8.27. The van der Waals surface area contributed by atoms with Crippen LogP contribution in [-0.4, -0.2) is 39.8 Å². The van der Waals surface area contributed by atoms with Crippen LogP contribution in [0.2, 0.25) is 0 Å². The zero-order valence-corrected chi connectivity index (χ0v) is 25.6. The highest BCUT2D eigenvalue weighted by atomic mass is 32.1. The van der Waals surface area contributed by atoms with Crippen molar-refractivity contribution in [1.82, 2.24) is 29.1 Å². The van der Waals surface area contributed by atoms with Crippen LogP contribution in [0.4, 0.5) is 11.5 Å². The second kappa shape index (κ2) is 9.69. The normalized spacial score (nSPS) is 16.8. The molecular weight excluding hydrogens is 566 g/mol. The van der Waals surface area contributed by atoms with E-state index >= 15 is 0 Å². The largest absolute Gasteiger partial charge is 0.392 e. The average Bonchev–Trinajstić information content (AvgIpc) is 3.59. The topological polar surface area (TPSA) is 129 Å². The molecule has 0 aromatic carbocycles. The van der Waals surface area contributed by atoms with Gasteiger partial charge in [0.05, 0.1) is 37.3 Å². The van der Waals surface area contributed by atoms with Gasteiger partial charge in [0, 0.05) is 46.9 Å². The summed E-state index contributed by atoms with van der Waals surface area (Å²) in [6.07, 6.45) is 6.88. The Morgan fingerprint density at radius 3 is 2.74 bits per heavy atom. The minimum Gasteiger partial charge on any atom is -0.392 e. The SMILES string of the molecule is Cn1cc(-c2ccnc(-n3ncc4c5c(sc4c3=O)CC(C)(C)C5)c2CO)cc(Nc2cc3n(n2)CC(C)(C)OC3)c1=O. The van der Waals surface area contributed by atoms with E-state index in [-0.39, 0.29) is 34.6 Å². The van der Waals surface area contributed by atoms with E-state index in [1.807, 2.05) is 24.6 Å². The molecule has 43 heavy (non-hydrogen) atoms. The number of nitrogens with zero attached hydrogens (tertiary/aromatic N) is 6. The van der Waals surface area contributed by atoms with E-state index in [4.69, 9.17) is 4.74 Å². The van der Waals surface area contributed by atoms with Crippen molar-refractivity contribution in [2.24, 2.45) is 12.5 Å². The first-order valence-electron chi connectivity index (χ1n) is 14.2. The van der Waals surface area contributed by atoms with Gasteiger partial charge < -0.3 is 19.7 Å². The average molecular weight is 600 g/mol. The van der Waals surface area contributed by atoms with Gasteiger partial charge in [0.2, 0.25) is 0 Å². The number of thiophene rings is 1. The van der Waals surface area contributed by atoms with Gasteiger partial charge in [-0.1, -0.05) is 13.8 Å². The number of aliphatic hydroxyl groups excluding tert-OH is 1. The Balaban J connectivity index is 1.28. The first-order valence-corrected chi connectivity index (χ1v) is 15.1. The molecule has 5 aromatic rings. The van der Waals surface area contributed by atoms with E-state index in [1.54, 1.807) is 37.8 Å². The molecule has 1 aliphatic heterocycles. The monoisotopic (exact) mass is 599 g/mol. The van der Waals surface area contributed by atoms with Crippen LogP contribution in [0, 0.1) is 5.41 Å². The smallest absolute Gasteiger partial charge is 0.290 e. The Bertz CT molecular complexity index is 2050. The summed E-state index contributed by atoms with van der Waals surface area (Å²) in [5, 5.41) is 23.8. The van der Waals surface area contributed by atoms with Gasteiger partial charge in [-0.3, -0.25) is 14.3 Å². The van der Waals surface area contributed by atoms with Gasteiger partial charge in [-0.05, 0) is 55.4 Å². The lowest BCUT2D eigenvalue weighted by atomic mass is 9.90. The van der Waals surface area contributed by atoms with Crippen molar-refractivity contribution in [3.63, 3.8) is 0 Å². The van der Waals surface area contributed by atoms with Crippen molar-refractivity contribution < 1.29 is 9.84 Å². The second-order valence-corrected chi connectivity index (χ2v) is 14.0. The molecule has 2 N–H and O–H groups in total. The number of hydrogen-bond donors (Lipinski definition) is 2. The van der Waals surface area contributed by atoms with Crippen LogP contribution in [0.3, 0.4) is 0 Å². The Labute approximate surface area is 251 Å². The summed E-state index contributed by atoms with van der Waals surface area (Å²) in [5.41, 5.74) is 3.55. The summed E-state index contributed by atoms with van der Waals surface area (Å²) in [4.78, 5) is 32.6. The molecule has 5 aromatic heterocycles. The van der Waals surface area contributed by atoms with Gasteiger partial charge in [0.15, 0.2) is 11.6 Å². The molecule has 0 radical (unpaired) electrons. The molecule has 2 aliphatic rings. The Hall–Kier alpha value is -4.13. The molecule has 0 fully saturated rings. The number of fused-ring (bicyclic) bond motifs is 4. The first kappa shape index (κ1) is 27.7. The lowest BCUT2D eigenvalue weighted by Crippen LogP contribution is -2.36. The van der Waals surface area contributed by atoms with Crippen LogP contribution in [0.1, 0.15) is 49.4 Å². The third kappa shape index (κ3) is 4.70. The molecule has 0 spiro atoms. The molecule has 222 valence electrons. The van der Waals surface area contributed by atoms with E-state index in [2.05, 4.69) is 34.3 Å². The zero-order chi connectivity index (χ0) is 30.3. The van der Waals surface area contributed by atoms with Crippen LogP contribution in [0.5, 0.6) is 0 Å². The number of aryl methyl sites for hydroxylation is 1. The molecule has 0 unspecified atom stereocenters. The third-order valence-corrected chi connectivity index (χ3v) is 9.50.